The normalized spacial score (nSPS) is 15.0. The molecule has 0 aliphatic rings. The molecule has 0 radical (unpaired) electrons. The van der Waals surface area contributed by atoms with E-state index in [0.717, 1.165) is 17.7 Å². The Hall–Kier alpha value is -2.15. The van der Waals surface area contributed by atoms with Gasteiger partial charge in [0, 0.05) is 0 Å². The minimum absolute atomic E-state index is 0.566. The third kappa shape index (κ3) is 3.36. The molecule has 0 heterocycles. The van der Waals surface area contributed by atoms with Crippen molar-refractivity contribution in [1.82, 2.24) is 4.90 Å². The zero-order chi connectivity index (χ0) is 16.0. The van der Waals surface area contributed by atoms with Gasteiger partial charge in [0.1, 0.15) is 11.5 Å². The van der Waals surface area contributed by atoms with Crippen molar-refractivity contribution in [3.05, 3.63) is 71.8 Å². The van der Waals surface area contributed by atoms with Crippen LogP contribution in [0.3, 0.4) is 0 Å². The summed E-state index contributed by atoms with van der Waals surface area (Å²) in [7, 11) is 3.95. The molecule has 2 aromatic rings. The van der Waals surface area contributed by atoms with Crippen molar-refractivity contribution in [1.29, 1.82) is 5.26 Å². The molecule has 0 saturated carbocycles. The molecule has 22 heavy (non-hydrogen) atoms. The molecule has 3 heteroatoms. The Bertz CT molecular complexity index is 619. The maximum Gasteiger partial charge on any atom is 0.113 e. The number of aliphatic hydroxyl groups excluding tert-OH is 1. The lowest BCUT2D eigenvalue weighted by molar-refractivity contribution is 0.0997. The summed E-state index contributed by atoms with van der Waals surface area (Å²) in [6.07, 6.45) is -0.294. The summed E-state index contributed by atoms with van der Waals surface area (Å²) in [5.41, 5.74) is 0.676. The largest absolute Gasteiger partial charge is 0.386 e. The van der Waals surface area contributed by atoms with Crippen molar-refractivity contribution in [3.8, 4) is 6.07 Å². The van der Waals surface area contributed by atoms with Crippen LogP contribution in [-0.4, -0.2) is 30.6 Å². The van der Waals surface area contributed by atoms with Gasteiger partial charge in [-0.3, -0.25) is 0 Å². The van der Waals surface area contributed by atoms with E-state index in [-0.39, 0.29) is 0 Å². The van der Waals surface area contributed by atoms with E-state index in [9.17, 15) is 10.4 Å². The lowest BCUT2D eigenvalue weighted by Crippen LogP contribution is -2.35. The van der Waals surface area contributed by atoms with E-state index >= 15 is 0 Å². The molecule has 0 spiro atoms. The summed E-state index contributed by atoms with van der Waals surface area (Å²) in [5, 5.41) is 20.9. The number of nitrogens with zero attached hydrogens (tertiary/aromatic N) is 2. The van der Waals surface area contributed by atoms with Gasteiger partial charge in [0.05, 0.1) is 6.07 Å². The zero-order valence-electron chi connectivity index (χ0n) is 13.1. The minimum atomic E-state index is -0.952. The average molecular weight is 294 g/mol. The Labute approximate surface area is 132 Å². The van der Waals surface area contributed by atoms with Gasteiger partial charge in [-0.1, -0.05) is 60.7 Å². The number of nitriles is 1. The molecule has 2 aromatic carbocycles. The molecule has 0 aromatic heterocycles. The fraction of sp³-hybridized carbons (Fsp3) is 0.316. The molecule has 0 amide bonds. The summed E-state index contributed by atoms with van der Waals surface area (Å²) in [6.45, 7) is 0.729. The van der Waals surface area contributed by atoms with E-state index in [1.807, 2.05) is 79.7 Å². The fourth-order valence-corrected chi connectivity index (χ4v) is 2.68. The van der Waals surface area contributed by atoms with Crippen LogP contribution in [0.5, 0.6) is 0 Å². The van der Waals surface area contributed by atoms with Crippen LogP contribution in [0.15, 0.2) is 60.7 Å². The van der Waals surface area contributed by atoms with Crippen LogP contribution in [0.25, 0.3) is 0 Å². The van der Waals surface area contributed by atoms with Crippen molar-refractivity contribution in [2.24, 2.45) is 0 Å². The second-order valence-electron chi connectivity index (χ2n) is 5.82. The molecule has 1 N–H and O–H groups in total. The molecular weight excluding hydrogens is 272 g/mol. The Morgan fingerprint density at radius 3 is 2.09 bits per heavy atom. The van der Waals surface area contributed by atoms with Gasteiger partial charge in [0.25, 0.3) is 0 Å². The molecule has 2 unspecified atom stereocenters. The first-order chi connectivity index (χ1) is 10.6. The predicted octanol–water partition coefficient (Wildman–Crippen LogP) is 3.13. The summed E-state index contributed by atoms with van der Waals surface area (Å²) >= 11 is 0. The summed E-state index contributed by atoms with van der Waals surface area (Å²) in [5.74, 6) is 0. The maximum absolute atomic E-state index is 11.0. The Morgan fingerprint density at radius 2 is 1.59 bits per heavy atom. The minimum Gasteiger partial charge on any atom is -0.386 e. The quantitative estimate of drug-likeness (QED) is 0.890. The van der Waals surface area contributed by atoms with Crippen molar-refractivity contribution < 1.29 is 5.11 Å². The van der Waals surface area contributed by atoms with Crippen LogP contribution >= 0.6 is 0 Å². The summed E-state index contributed by atoms with van der Waals surface area (Å²) in [4.78, 5) is 2.03. The van der Waals surface area contributed by atoms with E-state index in [2.05, 4.69) is 6.07 Å². The van der Waals surface area contributed by atoms with E-state index < -0.39 is 11.5 Å². The first kappa shape index (κ1) is 16.2. The van der Waals surface area contributed by atoms with Crippen LogP contribution in [-0.2, 0) is 5.41 Å². The number of hydrogen-bond donors (Lipinski definition) is 1. The van der Waals surface area contributed by atoms with Crippen molar-refractivity contribution in [2.45, 2.75) is 17.9 Å². The summed E-state index contributed by atoms with van der Waals surface area (Å²) < 4.78 is 0. The summed E-state index contributed by atoms with van der Waals surface area (Å²) in [6, 6.07) is 21.4. The molecule has 3 nitrogen and oxygen atoms in total. The highest BCUT2D eigenvalue weighted by Gasteiger charge is 2.40. The van der Waals surface area contributed by atoms with Crippen LogP contribution < -0.4 is 0 Å². The average Bonchev–Trinajstić information content (AvgIpc) is 2.57. The molecule has 114 valence electrons. The molecule has 2 rings (SSSR count). The molecule has 0 saturated heterocycles. The number of rotatable bonds is 6. The maximum atomic E-state index is 11.0. The van der Waals surface area contributed by atoms with Crippen molar-refractivity contribution in [3.63, 3.8) is 0 Å². The van der Waals surface area contributed by atoms with Crippen LogP contribution in [0.4, 0.5) is 0 Å². The Morgan fingerprint density at radius 1 is 1.05 bits per heavy atom. The Balaban J connectivity index is 2.47. The highest BCUT2D eigenvalue weighted by atomic mass is 16.3. The molecule has 0 bridgehead atoms. The first-order valence-corrected chi connectivity index (χ1v) is 7.44. The molecule has 2 atom stereocenters. The van der Waals surface area contributed by atoms with Crippen LogP contribution in [0.1, 0.15) is 23.7 Å². The van der Waals surface area contributed by atoms with E-state index in [1.54, 1.807) is 0 Å². The van der Waals surface area contributed by atoms with Gasteiger partial charge in [0.2, 0.25) is 0 Å². The third-order valence-electron chi connectivity index (χ3n) is 4.02. The number of aliphatic hydroxyl groups is 1. The monoisotopic (exact) mass is 294 g/mol. The predicted molar refractivity (Wildman–Crippen MR) is 88.3 cm³/mol. The van der Waals surface area contributed by atoms with Gasteiger partial charge in [-0.25, -0.2) is 0 Å². The standard InChI is InChI=1S/C19H22N2O/c1-21(2)14-13-19(15-20,17-11-7-4-8-12-17)18(22)16-9-5-3-6-10-16/h3-12,18,22H,13-14H2,1-2H3. The lowest BCUT2D eigenvalue weighted by atomic mass is 9.72. The second kappa shape index (κ2) is 7.22. The van der Waals surface area contributed by atoms with E-state index in [0.29, 0.717) is 6.42 Å². The fourth-order valence-electron chi connectivity index (χ4n) is 2.68. The van der Waals surface area contributed by atoms with Crippen molar-refractivity contribution >= 4 is 0 Å². The van der Waals surface area contributed by atoms with E-state index in [4.69, 9.17) is 0 Å². The van der Waals surface area contributed by atoms with E-state index in [1.165, 1.54) is 0 Å². The first-order valence-electron chi connectivity index (χ1n) is 7.44. The topological polar surface area (TPSA) is 47.3 Å². The van der Waals surface area contributed by atoms with Crippen molar-refractivity contribution in [2.75, 3.05) is 20.6 Å². The Kier molecular flexibility index (Phi) is 5.32. The highest BCUT2D eigenvalue weighted by molar-refractivity contribution is 5.38. The third-order valence-corrected chi connectivity index (χ3v) is 4.02. The van der Waals surface area contributed by atoms with Crippen LogP contribution in [0.2, 0.25) is 0 Å². The number of hydrogen-bond acceptors (Lipinski definition) is 3. The molecular formula is C19H22N2O. The SMILES string of the molecule is CN(C)CCC(C#N)(c1ccccc1)C(O)c1ccccc1. The highest BCUT2D eigenvalue weighted by Crippen LogP contribution is 2.40. The van der Waals surface area contributed by atoms with Gasteiger partial charge in [-0.05, 0) is 38.2 Å². The lowest BCUT2D eigenvalue weighted by Gasteiger charge is -2.33. The van der Waals surface area contributed by atoms with Crippen LogP contribution in [0, 0.1) is 11.3 Å². The van der Waals surface area contributed by atoms with Gasteiger partial charge in [0.15, 0.2) is 0 Å². The number of benzene rings is 2. The zero-order valence-corrected chi connectivity index (χ0v) is 13.1. The van der Waals surface area contributed by atoms with Gasteiger partial charge >= 0.3 is 0 Å². The molecule has 0 fully saturated rings. The smallest absolute Gasteiger partial charge is 0.113 e. The molecule has 0 aliphatic carbocycles. The second-order valence-corrected chi connectivity index (χ2v) is 5.82. The molecule has 0 aliphatic heterocycles. The van der Waals surface area contributed by atoms with Gasteiger partial charge in [-0.2, -0.15) is 5.26 Å². The van der Waals surface area contributed by atoms with Gasteiger partial charge in [-0.15, -0.1) is 0 Å². The van der Waals surface area contributed by atoms with Gasteiger partial charge < -0.3 is 10.0 Å².